The lowest BCUT2D eigenvalue weighted by Crippen LogP contribution is -2.33. The second kappa shape index (κ2) is 8.20. The van der Waals surface area contributed by atoms with Crippen LogP contribution in [0.5, 0.6) is 0 Å². The molecule has 0 spiro atoms. The molecule has 1 atom stereocenters. The van der Waals surface area contributed by atoms with Crippen LogP contribution in [0.4, 0.5) is 5.69 Å². The van der Waals surface area contributed by atoms with E-state index in [9.17, 15) is 5.11 Å². The molecule has 0 unspecified atom stereocenters. The van der Waals surface area contributed by atoms with E-state index in [2.05, 4.69) is 28.1 Å². The van der Waals surface area contributed by atoms with Gasteiger partial charge in [0.15, 0.2) is 5.11 Å². The van der Waals surface area contributed by atoms with E-state index in [4.69, 9.17) is 23.8 Å². The van der Waals surface area contributed by atoms with Gasteiger partial charge in [0.1, 0.15) is 11.0 Å². The van der Waals surface area contributed by atoms with Gasteiger partial charge >= 0.3 is 0 Å². The molecule has 0 amide bonds. The minimum atomic E-state index is -0.984. The van der Waals surface area contributed by atoms with Gasteiger partial charge in [0.05, 0.1) is 4.88 Å². The van der Waals surface area contributed by atoms with Crippen LogP contribution in [0, 0.1) is 11.8 Å². The van der Waals surface area contributed by atoms with Crippen LogP contribution >= 0.6 is 46.9 Å². The Labute approximate surface area is 172 Å². The van der Waals surface area contributed by atoms with Crippen molar-refractivity contribution in [2.45, 2.75) is 24.8 Å². The van der Waals surface area contributed by atoms with Crippen molar-refractivity contribution in [2.24, 2.45) is 0 Å². The van der Waals surface area contributed by atoms with E-state index in [1.54, 1.807) is 25.2 Å². The van der Waals surface area contributed by atoms with Crippen molar-refractivity contribution in [3.63, 3.8) is 0 Å². The van der Waals surface area contributed by atoms with Crippen LogP contribution in [0.2, 0.25) is 5.02 Å². The Kier molecular flexibility index (Phi) is 6.16. The summed E-state index contributed by atoms with van der Waals surface area (Å²) < 4.78 is 0. The summed E-state index contributed by atoms with van der Waals surface area (Å²) in [6.45, 7) is 4.27. The average Bonchev–Trinajstić information content (AvgIpc) is 3.23. The van der Waals surface area contributed by atoms with Gasteiger partial charge in [-0.05, 0) is 62.5 Å². The van der Waals surface area contributed by atoms with Crippen molar-refractivity contribution in [2.75, 3.05) is 17.6 Å². The number of thiophene rings is 1. The average molecular weight is 423 g/mol. The maximum Gasteiger partial charge on any atom is 0.174 e. The van der Waals surface area contributed by atoms with Crippen molar-refractivity contribution in [1.29, 1.82) is 0 Å². The Morgan fingerprint density at radius 1 is 1.31 bits per heavy atom. The molecule has 1 saturated heterocycles. The second-order valence-electron chi connectivity index (χ2n) is 6.36. The third-order valence-corrected chi connectivity index (χ3v) is 6.64. The Bertz CT molecular complexity index is 846. The number of hydrogen-bond donors (Lipinski definition) is 2. The zero-order valence-corrected chi connectivity index (χ0v) is 17.7. The molecule has 1 aliphatic rings. The van der Waals surface area contributed by atoms with Crippen LogP contribution < -0.4 is 5.32 Å². The summed E-state index contributed by atoms with van der Waals surface area (Å²) in [4.78, 5) is 4.37. The van der Waals surface area contributed by atoms with Crippen molar-refractivity contribution in [3.05, 3.63) is 51.2 Å². The normalized spacial score (nSPS) is 16.9. The fourth-order valence-electron chi connectivity index (χ4n) is 2.41. The zero-order chi connectivity index (χ0) is 18.7. The van der Waals surface area contributed by atoms with E-state index in [1.165, 1.54) is 4.88 Å². The summed E-state index contributed by atoms with van der Waals surface area (Å²) in [5, 5.41) is 14.6. The van der Waals surface area contributed by atoms with E-state index < -0.39 is 5.60 Å². The predicted octanol–water partition coefficient (Wildman–Crippen LogP) is 4.97. The number of anilines is 1. The van der Waals surface area contributed by atoms with Crippen LogP contribution in [0.3, 0.4) is 0 Å². The maximum absolute atomic E-state index is 9.75. The molecule has 0 aliphatic carbocycles. The zero-order valence-electron chi connectivity index (χ0n) is 14.5. The third-order valence-electron chi connectivity index (χ3n) is 3.61. The Morgan fingerprint density at radius 2 is 2.04 bits per heavy atom. The number of nitrogens with zero attached hydrogens (tertiary/aromatic N) is 1. The predicted molar refractivity (Wildman–Crippen MR) is 117 cm³/mol. The molecule has 2 aromatic rings. The standard InChI is InChI=1S/C19H19ClN2OS3/c1-19(2,23)10-9-15-7-8-16(26-15)17-22(11-12-25-17)18(24)21-14-5-3-13(20)4-6-14/h3-8,17,23H,11-12H2,1-2H3,(H,21,24)/t17-/m0/s1. The van der Waals surface area contributed by atoms with Gasteiger partial charge in [0, 0.05) is 27.9 Å². The molecule has 0 radical (unpaired) electrons. The number of halogens is 1. The molecule has 0 saturated carbocycles. The van der Waals surface area contributed by atoms with Crippen molar-refractivity contribution >= 4 is 57.7 Å². The summed E-state index contributed by atoms with van der Waals surface area (Å²) in [6.07, 6.45) is 0. The van der Waals surface area contributed by atoms with Gasteiger partial charge in [0.25, 0.3) is 0 Å². The number of hydrogen-bond acceptors (Lipinski definition) is 4. The fraction of sp³-hybridized carbons (Fsp3) is 0.316. The highest BCUT2D eigenvalue weighted by Gasteiger charge is 2.29. The van der Waals surface area contributed by atoms with Gasteiger partial charge in [-0.2, -0.15) is 0 Å². The molecule has 1 aliphatic heterocycles. The van der Waals surface area contributed by atoms with Crippen molar-refractivity contribution in [3.8, 4) is 11.8 Å². The van der Waals surface area contributed by atoms with Gasteiger partial charge < -0.3 is 15.3 Å². The molecular formula is C19H19ClN2OS3. The van der Waals surface area contributed by atoms with Crippen molar-refractivity contribution in [1.82, 2.24) is 4.90 Å². The number of aliphatic hydroxyl groups is 1. The van der Waals surface area contributed by atoms with Gasteiger partial charge in [0.2, 0.25) is 0 Å². The summed E-state index contributed by atoms with van der Waals surface area (Å²) in [5.41, 5.74) is -0.0551. The Morgan fingerprint density at radius 3 is 2.73 bits per heavy atom. The largest absolute Gasteiger partial charge is 0.378 e. The second-order valence-corrected chi connectivity index (χ2v) is 9.49. The van der Waals surface area contributed by atoms with Gasteiger partial charge in [-0.3, -0.25) is 0 Å². The first-order valence-corrected chi connectivity index (χ1v) is 10.8. The van der Waals surface area contributed by atoms with Crippen LogP contribution in [0.15, 0.2) is 36.4 Å². The molecule has 136 valence electrons. The summed E-state index contributed by atoms with van der Waals surface area (Å²) in [6, 6.07) is 11.6. The minimum absolute atomic E-state index is 0.185. The topological polar surface area (TPSA) is 35.5 Å². The lowest BCUT2D eigenvalue weighted by molar-refractivity contribution is 0.143. The molecule has 1 fully saturated rings. The van der Waals surface area contributed by atoms with Gasteiger partial charge in [-0.15, -0.1) is 23.1 Å². The molecule has 1 aromatic carbocycles. The first kappa shape index (κ1) is 19.5. The molecule has 2 N–H and O–H groups in total. The number of rotatable bonds is 2. The molecule has 1 aromatic heterocycles. The van der Waals surface area contributed by atoms with Crippen LogP contribution in [0.1, 0.15) is 29.0 Å². The Hall–Kier alpha value is -1.23. The van der Waals surface area contributed by atoms with Crippen LogP contribution in [-0.2, 0) is 0 Å². The number of thioether (sulfide) groups is 1. The molecule has 3 nitrogen and oxygen atoms in total. The highest BCUT2D eigenvalue weighted by atomic mass is 35.5. The summed E-state index contributed by atoms with van der Waals surface area (Å²) >= 11 is 15.1. The van der Waals surface area contributed by atoms with E-state index in [0.717, 1.165) is 22.9 Å². The van der Waals surface area contributed by atoms with Crippen LogP contribution in [0.25, 0.3) is 0 Å². The highest BCUT2D eigenvalue weighted by Crippen LogP contribution is 2.41. The summed E-state index contributed by atoms with van der Waals surface area (Å²) in [5.74, 6) is 6.93. The minimum Gasteiger partial charge on any atom is -0.378 e. The smallest absolute Gasteiger partial charge is 0.174 e. The van der Waals surface area contributed by atoms with Gasteiger partial charge in [-0.1, -0.05) is 23.4 Å². The maximum atomic E-state index is 9.75. The molecule has 0 bridgehead atoms. The van der Waals surface area contributed by atoms with E-state index in [-0.39, 0.29) is 5.37 Å². The van der Waals surface area contributed by atoms with E-state index >= 15 is 0 Å². The van der Waals surface area contributed by atoms with E-state index in [1.807, 2.05) is 42.1 Å². The summed E-state index contributed by atoms with van der Waals surface area (Å²) in [7, 11) is 0. The van der Waals surface area contributed by atoms with Crippen molar-refractivity contribution < 1.29 is 5.11 Å². The molecule has 7 heteroatoms. The molecule has 26 heavy (non-hydrogen) atoms. The number of benzene rings is 1. The number of thiocarbonyl (C=S) groups is 1. The molecular weight excluding hydrogens is 404 g/mol. The lowest BCUT2D eigenvalue weighted by atomic mass is 10.1. The SMILES string of the molecule is CC(C)(O)C#Cc1ccc([C@@H]2SCCN2C(=S)Nc2ccc(Cl)cc2)s1. The molecule has 3 rings (SSSR count). The monoisotopic (exact) mass is 422 g/mol. The quantitative estimate of drug-likeness (QED) is 0.527. The third kappa shape index (κ3) is 5.15. The fourth-order valence-corrected chi connectivity index (χ4v) is 5.28. The number of nitrogens with one attached hydrogen (secondary N) is 1. The Balaban J connectivity index is 1.71. The van der Waals surface area contributed by atoms with Crippen LogP contribution in [-0.4, -0.2) is 33.0 Å². The first-order chi connectivity index (χ1) is 12.3. The highest BCUT2D eigenvalue weighted by molar-refractivity contribution is 7.99. The lowest BCUT2D eigenvalue weighted by Gasteiger charge is -2.26. The van der Waals surface area contributed by atoms with Gasteiger partial charge in [-0.25, -0.2) is 0 Å². The first-order valence-electron chi connectivity index (χ1n) is 8.12. The van der Waals surface area contributed by atoms with E-state index in [0.29, 0.717) is 10.1 Å². The molecule has 2 heterocycles.